The van der Waals surface area contributed by atoms with Gasteiger partial charge in [0.15, 0.2) is 6.07 Å². The van der Waals surface area contributed by atoms with E-state index in [0.717, 1.165) is 35.3 Å². The highest BCUT2D eigenvalue weighted by Gasteiger charge is 2.23. The van der Waals surface area contributed by atoms with Crippen molar-refractivity contribution in [1.82, 2.24) is 4.98 Å². The number of morpholine rings is 1. The van der Waals surface area contributed by atoms with Crippen molar-refractivity contribution in [2.24, 2.45) is 0 Å². The number of hydrogen-bond donors (Lipinski definition) is 0. The normalized spacial score (nSPS) is 22.5. The first-order valence-corrected chi connectivity index (χ1v) is 7.68. The van der Waals surface area contributed by atoms with Gasteiger partial charge in [-0.05, 0) is 32.0 Å². The minimum absolute atomic E-state index is 0.150. The molecule has 2 heterocycles. The quantitative estimate of drug-likeness (QED) is 0.814. The van der Waals surface area contributed by atoms with Crippen LogP contribution in [0.5, 0.6) is 5.75 Å². The number of benzene rings is 1. The van der Waals surface area contributed by atoms with E-state index in [0.29, 0.717) is 0 Å². The monoisotopic (exact) mass is 306 g/mol. The Bertz CT molecular complexity index is 625. The second-order valence-electron chi connectivity index (χ2n) is 5.46. The van der Waals surface area contributed by atoms with E-state index in [2.05, 4.69) is 23.7 Å². The van der Waals surface area contributed by atoms with Gasteiger partial charge in [0.05, 0.1) is 24.1 Å². The minimum Gasteiger partial charge on any atom is -0.478 e. The zero-order valence-corrected chi connectivity index (χ0v) is 13.0. The van der Waals surface area contributed by atoms with E-state index < -0.39 is 0 Å². The van der Waals surface area contributed by atoms with Gasteiger partial charge < -0.3 is 14.4 Å². The molecule has 0 N–H and O–H groups in total. The van der Waals surface area contributed by atoms with Crippen LogP contribution >= 0.6 is 11.6 Å². The fourth-order valence-corrected chi connectivity index (χ4v) is 3.03. The summed E-state index contributed by atoms with van der Waals surface area (Å²) in [6.45, 7) is 5.93. The highest BCUT2D eigenvalue weighted by atomic mass is 35.5. The van der Waals surface area contributed by atoms with Gasteiger partial charge in [-0.15, -0.1) is 0 Å². The molecule has 112 valence electrons. The Hall–Kier alpha value is -1.52. The number of anilines is 1. The SMILES string of the molecule is CC1CN(c2cncc3ccc(OCCl)cc23)CC(C)O1. The van der Waals surface area contributed by atoms with Crippen LogP contribution in [0.15, 0.2) is 30.6 Å². The van der Waals surface area contributed by atoms with Gasteiger partial charge in [0, 0.05) is 30.1 Å². The van der Waals surface area contributed by atoms with E-state index >= 15 is 0 Å². The largest absolute Gasteiger partial charge is 0.478 e. The predicted octanol–water partition coefficient (Wildman–Crippen LogP) is 3.42. The zero-order valence-electron chi connectivity index (χ0n) is 12.3. The summed E-state index contributed by atoms with van der Waals surface area (Å²) in [5.41, 5.74) is 1.12. The van der Waals surface area contributed by atoms with E-state index in [4.69, 9.17) is 21.1 Å². The van der Waals surface area contributed by atoms with Crippen LogP contribution in [0.3, 0.4) is 0 Å². The van der Waals surface area contributed by atoms with Crippen molar-refractivity contribution in [2.45, 2.75) is 26.1 Å². The molecule has 1 fully saturated rings. The molecule has 0 amide bonds. The van der Waals surface area contributed by atoms with Crippen LogP contribution in [0.2, 0.25) is 0 Å². The Morgan fingerprint density at radius 3 is 2.76 bits per heavy atom. The Kier molecular flexibility index (Phi) is 4.17. The molecular weight excluding hydrogens is 288 g/mol. The van der Waals surface area contributed by atoms with E-state index in [1.807, 2.05) is 30.6 Å². The summed E-state index contributed by atoms with van der Waals surface area (Å²) >= 11 is 5.65. The lowest BCUT2D eigenvalue weighted by Gasteiger charge is -2.37. The molecular formula is C16H19ClN2O2. The van der Waals surface area contributed by atoms with Crippen LogP contribution in [-0.2, 0) is 4.74 Å². The van der Waals surface area contributed by atoms with Crippen LogP contribution in [0.1, 0.15) is 13.8 Å². The maximum atomic E-state index is 5.81. The van der Waals surface area contributed by atoms with Crippen LogP contribution in [0, 0.1) is 0 Å². The summed E-state index contributed by atoms with van der Waals surface area (Å²) in [6.07, 6.45) is 4.21. The van der Waals surface area contributed by atoms with Gasteiger partial charge in [-0.2, -0.15) is 0 Å². The molecule has 1 aromatic heterocycles. The molecule has 1 saturated heterocycles. The Morgan fingerprint density at radius 2 is 2.05 bits per heavy atom. The standard InChI is InChI=1S/C16H19ClN2O2/c1-11-8-19(9-12(2)21-11)16-7-18-6-13-3-4-14(20-10-17)5-15(13)16/h3-7,11-12H,8-10H2,1-2H3. The molecule has 21 heavy (non-hydrogen) atoms. The second-order valence-corrected chi connectivity index (χ2v) is 5.68. The molecule has 0 spiro atoms. The van der Waals surface area contributed by atoms with Crippen molar-refractivity contribution < 1.29 is 9.47 Å². The zero-order chi connectivity index (χ0) is 14.8. The van der Waals surface area contributed by atoms with Crippen molar-refractivity contribution in [3.8, 4) is 5.75 Å². The van der Waals surface area contributed by atoms with Gasteiger partial charge in [0.1, 0.15) is 5.75 Å². The van der Waals surface area contributed by atoms with Gasteiger partial charge in [0.2, 0.25) is 0 Å². The topological polar surface area (TPSA) is 34.6 Å². The highest BCUT2D eigenvalue weighted by molar-refractivity contribution is 6.17. The van der Waals surface area contributed by atoms with Crippen LogP contribution in [0.25, 0.3) is 10.8 Å². The van der Waals surface area contributed by atoms with E-state index in [9.17, 15) is 0 Å². The number of aromatic nitrogens is 1. The van der Waals surface area contributed by atoms with Crippen molar-refractivity contribution in [3.63, 3.8) is 0 Å². The summed E-state index contributed by atoms with van der Waals surface area (Å²) < 4.78 is 11.2. The lowest BCUT2D eigenvalue weighted by atomic mass is 10.1. The van der Waals surface area contributed by atoms with Crippen molar-refractivity contribution >= 4 is 28.1 Å². The van der Waals surface area contributed by atoms with Gasteiger partial charge in [0.25, 0.3) is 0 Å². The number of nitrogens with zero attached hydrogens (tertiary/aromatic N) is 2. The first kappa shape index (κ1) is 14.4. The molecule has 1 aromatic carbocycles. The minimum atomic E-state index is 0.150. The lowest BCUT2D eigenvalue weighted by molar-refractivity contribution is -0.00514. The molecule has 0 saturated carbocycles. The average molecular weight is 307 g/mol. The van der Waals surface area contributed by atoms with Crippen molar-refractivity contribution in [3.05, 3.63) is 30.6 Å². The molecule has 2 atom stereocenters. The average Bonchev–Trinajstić information content (AvgIpc) is 2.46. The molecule has 5 heteroatoms. The third-order valence-electron chi connectivity index (χ3n) is 3.69. The Labute approximate surface area is 129 Å². The maximum Gasteiger partial charge on any atom is 0.162 e. The second kappa shape index (κ2) is 6.08. The van der Waals surface area contributed by atoms with Crippen molar-refractivity contribution in [1.29, 1.82) is 0 Å². The smallest absolute Gasteiger partial charge is 0.162 e. The lowest BCUT2D eigenvalue weighted by Crippen LogP contribution is -2.45. The molecule has 0 bridgehead atoms. The Balaban J connectivity index is 2.02. The maximum absolute atomic E-state index is 5.81. The van der Waals surface area contributed by atoms with E-state index in [1.165, 1.54) is 0 Å². The molecule has 3 rings (SSSR count). The number of rotatable bonds is 3. The van der Waals surface area contributed by atoms with Gasteiger partial charge in [-0.3, -0.25) is 4.98 Å². The van der Waals surface area contributed by atoms with Crippen molar-refractivity contribution in [2.75, 3.05) is 24.1 Å². The highest BCUT2D eigenvalue weighted by Crippen LogP contribution is 2.31. The number of alkyl halides is 1. The molecule has 4 nitrogen and oxygen atoms in total. The molecule has 2 aromatic rings. The number of hydrogen-bond acceptors (Lipinski definition) is 4. The van der Waals surface area contributed by atoms with E-state index in [-0.39, 0.29) is 18.3 Å². The first-order valence-electron chi connectivity index (χ1n) is 7.14. The first-order chi connectivity index (χ1) is 10.2. The molecule has 1 aliphatic heterocycles. The molecule has 1 aliphatic rings. The number of pyridine rings is 1. The van der Waals surface area contributed by atoms with Gasteiger partial charge in [-0.25, -0.2) is 0 Å². The summed E-state index contributed by atoms with van der Waals surface area (Å²) in [5.74, 6) is 0.777. The Morgan fingerprint density at radius 1 is 1.29 bits per heavy atom. The third-order valence-corrected chi connectivity index (χ3v) is 3.80. The van der Waals surface area contributed by atoms with Crippen LogP contribution in [0.4, 0.5) is 5.69 Å². The fourth-order valence-electron chi connectivity index (χ4n) is 2.91. The molecule has 2 unspecified atom stereocenters. The van der Waals surface area contributed by atoms with Gasteiger partial charge >= 0.3 is 0 Å². The number of halogens is 1. The summed E-state index contributed by atoms with van der Waals surface area (Å²) in [4.78, 5) is 6.70. The fraction of sp³-hybridized carbons (Fsp3) is 0.438. The van der Waals surface area contributed by atoms with Crippen LogP contribution in [-0.4, -0.2) is 36.3 Å². The molecule has 0 aliphatic carbocycles. The summed E-state index contributed by atoms with van der Waals surface area (Å²) in [5, 5.41) is 2.23. The third kappa shape index (κ3) is 3.06. The van der Waals surface area contributed by atoms with Gasteiger partial charge in [-0.1, -0.05) is 11.6 Å². The summed E-state index contributed by atoms with van der Waals surface area (Å²) in [6, 6.07) is 6.11. The van der Waals surface area contributed by atoms with Crippen LogP contribution < -0.4 is 9.64 Å². The number of ether oxygens (including phenoxy) is 2. The molecule has 0 radical (unpaired) electrons. The van der Waals surface area contributed by atoms with E-state index in [1.54, 1.807) is 0 Å². The number of fused-ring (bicyclic) bond motifs is 1. The predicted molar refractivity (Wildman–Crippen MR) is 85.3 cm³/mol. The summed E-state index contributed by atoms with van der Waals surface area (Å²) in [7, 11) is 0.